The van der Waals surface area contributed by atoms with Crippen molar-refractivity contribution in [2.45, 2.75) is 13.8 Å². The standard InChI is InChI=1S/2C11H9NO2.H2O4S/c2*1-7(13)8-4-5-10(14)11-9(8)3-2-6-12-11;1-5(2,3)4/h2*2-6,14H,1H3;(H2,1,2,3,4)/p-2. The van der Waals surface area contributed by atoms with Crippen LogP contribution in [0.2, 0.25) is 0 Å². The van der Waals surface area contributed by atoms with E-state index in [0.717, 1.165) is 0 Å². The maximum atomic E-state index is 11.3. The van der Waals surface area contributed by atoms with Gasteiger partial charge in [-0.25, -0.2) is 0 Å². The molecule has 0 fully saturated rings. The van der Waals surface area contributed by atoms with Gasteiger partial charge in [0.2, 0.25) is 0 Å². The molecule has 0 bridgehead atoms. The van der Waals surface area contributed by atoms with Gasteiger partial charge in [0.05, 0.1) is 0 Å². The van der Waals surface area contributed by atoms with E-state index in [1.807, 2.05) is 0 Å². The number of nitrogens with zero attached hydrogens (tertiary/aromatic N) is 2. The number of fused-ring (bicyclic) bond motifs is 2. The molecular formula is C22H18N2O8S-2. The summed E-state index contributed by atoms with van der Waals surface area (Å²) >= 11 is 0. The molecule has 0 unspecified atom stereocenters. The van der Waals surface area contributed by atoms with E-state index in [9.17, 15) is 19.8 Å². The van der Waals surface area contributed by atoms with Crippen LogP contribution in [-0.4, -0.2) is 49.3 Å². The van der Waals surface area contributed by atoms with Gasteiger partial charge in [-0.05, 0) is 50.2 Å². The van der Waals surface area contributed by atoms with Crippen LogP contribution in [0.3, 0.4) is 0 Å². The zero-order valence-corrected chi connectivity index (χ0v) is 18.2. The van der Waals surface area contributed by atoms with E-state index < -0.39 is 10.4 Å². The number of aromatic nitrogens is 2. The molecule has 0 saturated heterocycles. The first kappa shape index (κ1) is 25.3. The van der Waals surface area contributed by atoms with E-state index in [0.29, 0.717) is 32.9 Å². The molecule has 4 aromatic rings. The highest BCUT2D eigenvalue weighted by molar-refractivity contribution is 7.79. The van der Waals surface area contributed by atoms with Crippen LogP contribution in [0.4, 0.5) is 0 Å². The van der Waals surface area contributed by atoms with Crippen molar-refractivity contribution < 1.29 is 37.3 Å². The Hall–Kier alpha value is -3.93. The maximum absolute atomic E-state index is 11.3. The summed E-state index contributed by atoms with van der Waals surface area (Å²) in [5.74, 6) is 0.155. The third kappa shape index (κ3) is 7.04. The Morgan fingerprint density at radius 2 is 1.06 bits per heavy atom. The molecule has 2 heterocycles. The minimum absolute atomic E-state index is 0.0250. The number of aromatic hydroxyl groups is 2. The molecule has 0 aliphatic heterocycles. The molecule has 0 atom stereocenters. The van der Waals surface area contributed by atoms with Gasteiger partial charge in [0.15, 0.2) is 11.6 Å². The molecule has 4 rings (SSSR count). The number of rotatable bonds is 2. The van der Waals surface area contributed by atoms with Crippen LogP contribution in [0, 0.1) is 0 Å². The molecule has 172 valence electrons. The average molecular weight is 470 g/mol. The Morgan fingerprint density at radius 1 is 0.727 bits per heavy atom. The molecule has 0 aliphatic rings. The fraction of sp³-hybridized carbons (Fsp3) is 0.0909. The number of benzene rings is 2. The molecular weight excluding hydrogens is 452 g/mol. The number of ketones is 2. The fourth-order valence-electron chi connectivity index (χ4n) is 2.93. The summed E-state index contributed by atoms with van der Waals surface area (Å²) in [6.07, 6.45) is 3.18. The predicted molar refractivity (Wildman–Crippen MR) is 117 cm³/mol. The second-order valence-corrected chi connectivity index (χ2v) is 7.40. The van der Waals surface area contributed by atoms with Crippen LogP contribution >= 0.6 is 0 Å². The fourth-order valence-corrected chi connectivity index (χ4v) is 2.93. The minimum atomic E-state index is -5.17. The molecule has 2 N–H and O–H groups in total. The summed E-state index contributed by atoms with van der Waals surface area (Å²) in [5.41, 5.74) is 2.12. The number of hydrogen-bond donors (Lipinski definition) is 2. The number of phenols is 2. The second-order valence-electron chi connectivity index (χ2n) is 6.58. The van der Waals surface area contributed by atoms with E-state index in [1.165, 1.54) is 26.0 Å². The molecule has 0 aliphatic carbocycles. The van der Waals surface area contributed by atoms with Crippen molar-refractivity contribution >= 4 is 43.8 Å². The number of pyridine rings is 2. The normalized spacial score (nSPS) is 10.5. The lowest BCUT2D eigenvalue weighted by Gasteiger charge is -2.06. The molecule has 2 aromatic carbocycles. The van der Waals surface area contributed by atoms with Gasteiger partial charge in [-0.1, -0.05) is 12.1 Å². The number of carbonyl (C=O) groups is 2. The van der Waals surface area contributed by atoms with Crippen LogP contribution < -0.4 is 0 Å². The van der Waals surface area contributed by atoms with Crippen molar-refractivity contribution in [3.05, 3.63) is 72.1 Å². The second kappa shape index (κ2) is 10.6. The van der Waals surface area contributed by atoms with Crippen molar-refractivity contribution in [3.8, 4) is 11.5 Å². The van der Waals surface area contributed by atoms with Crippen molar-refractivity contribution in [2.24, 2.45) is 0 Å². The van der Waals surface area contributed by atoms with Gasteiger partial charge in [-0.15, -0.1) is 0 Å². The third-order valence-corrected chi connectivity index (χ3v) is 4.26. The van der Waals surface area contributed by atoms with Crippen LogP contribution in [0.1, 0.15) is 34.6 Å². The SMILES string of the molecule is CC(=O)c1ccc(O)c2ncccc12.CC(=O)c1ccc(O)c2ncccc12.O=S(=O)([O-])[O-]. The Labute approximate surface area is 188 Å². The highest BCUT2D eigenvalue weighted by Crippen LogP contribution is 2.26. The molecule has 0 radical (unpaired) electrons. The average Bonchev–Trinajstić information content (AvgIpc) is 2.73. The Morgan fingerprint density at radius 3 is 1.36 bits per heavy atom. The zero-order valence-electron chi connectivity index (χ0n) is 17.4. The quantitative estimate of drug-likeness (QED) is 0.251. The van der Waals surface area contributed by atoms with Crippen LogP contribution in [-0.2, 0) is 10.4 Å². The van der Waals surface area contributed by atoms with Crippen molar-refractivity contribution in [1.82, 2.24) is 9.97 Å². The van der Waals surface area contributed by atoms with Gasteiger partial charge in [0, 0.05) is 44.7 Å². The van der Waals surface area contributed by atoms with Crippen molar-refractivity contribution in [2.75, 3.05) is 0 Å². The monoisotopic (exact) mass is 470 g/mol. The number of phenolic OH excluding ortho intramolecular Hbond substituents is 2. The summed E-state index contributed by atoms with van der Waals surface area (Å²) in [5, 5.41) is 20.4. The zero-order chi connectivity index (χ0) is 24.8. The van der Waals surface area contributed by atoms with E-state index in [2.05, 4.69) is 9.97 Å². The Bertz CT molecular complexity index is 1330. The van der Waals surface area contributed by atoms with E-state index in [4.69, 9.17) is 17.5 Å². The van der Waals surface area contributed by atoms with E-state index in [-0.39, 0.29) is 23.1 Å². The van der Waals surface area contributed by atoms with Crippen LogP contribution in [0.5, 0.6) is 11.5 Å². The first-order valence-electron chi connectivity index (χ1n) is 9.22. The highest BCUT2D eigenvalue weighted by Gasteiger charge is 2.09. The highest BCUT2D eigenvalue weighted by atomic mass is 32.3. The molecule has 2 aromatic heterocycles. The van der Waals surface area contributed by atoms with Gasteiger partial charge in [0.25, 0.3) is 0 Å². The summed E-state index contributed by atoms with van der Waals surface area (Å²) in [4.78, 5) is 30.6. The van der Waals surface area contributed by atoms with Gasteiger partial charge in [-0.2, -0.15) is 0 Å². The smallest absolute Gasteiger partial charge is 0.160 e. The number of Topliss-reactive ketones (excluding diaryl/α,β-unsaturated/α-hetero) is 2. The molecule has 0 saturated carbocycles. The largest absolute Gasteiger partial charge is 0.759 e. The molecule has 11 heteroatoms. The summed E-state index contributed by atoms with van der Waals surface area (Å²) < 4.78 is 34.1. The summed E-state index contributed by atoms with van der Waals surface area (Å²) in [6, 6.07) is 13.3. The lowest BCUT2D eigenvalue weighted by molar-refractivity contribution is 0.101. The first-order valence-corrected chi connectivity index (χ1v) is 10.6. The van der Waals surface area contributed by atoms with Crippen LogP contribution in [0.25, 0.3) is 21.8 Å². The summed E-state index contributed by atoms with van der Waals surface area (Å²) in [6.45, 7) is 3.00. The summed E-state index contributed by atoms with van der Waals surface area (Å²) in [7, 11) is -5.17. The molecule has 0 amide bonds. The van der Waals surface area contributed by atoms with Crippen molar-refractivity contribution in [3.63, 3.8) is 0 Å². The predicted octanol–water partition coefficient (Wildman–Crippen LogP) is 2.95. The minimum Gasteiger partial charge on any atom is -0.759 e. The first-order chi connectivity index (χ1) is 15.4. The topological polar surface area (TPSA) is 181 Å². The number of hydrogen-bond acceptors (Lipinski definition) is 10. The van der Waals surface area contributed by atoms with Crippen LogP contribution in [0.15, 0.2) is 60.9 Å². The van der Waals surface area contributed by atoms with Gasteiger partial charge >= 0.3 is 0 Å². The number of carbonyl (C=O) groups excluding carboxylic acids is 2. The molecule has 10 nitrogen and oxygen atoms in total. The molecule has 33 heavy (non-hydrogen) atoms. The van der Waals surface area contributed by atoms with E-state index >= 15 is 0 Å². The molecule has 0 spiro atoms. The van der Waals surface area contributed by atoms with Gasteiger partial charge in [0.1, 0.15) is 22.5 Å². The van der Waals surface area contributed by atoms with Crippen molar-refractivity contribution in [1.29, 1.82) is 0 Å². The lowest BCUT2D eigenvalue weighted by atomic mass is 10.1. The maximum Gasteiger partial charge on any atom is 0.160 e. The van der Waals surface area contributed by atoms with E-state index in [1.54, 1.807) is 48.8 Å². The third-order valence-electron chi connectivity index (χ3n) is 4.26. The Kier molecular flexibility index (Phi) is 8.13. The van der Waals surface area contributed by atoms with Gasteiger partial charge in [-0.3, -0.25) is 28.0 Å². The van der Waals surface area contributed by atoms with Gasteiger partial charge < -0.3 is 19.3 Å². The Balaban J connectivity index is 0.000000195. The lowest BCUT2D eigenvalue weighted by Crippen LogP contribution is -1.94.